The molecular formula is C12H26OSi. The lowest BCUT2D eigenvalue weighted by Gasteiger charge is -2.36. The summed E-state index contributed by atoms with van der Waals surface area (Å²) in [5, 5.41) is 0.319. The van der Waals surface area contributed by atoms with Crippen molar-refractivity contribution in [3.63, 3.8) is 0 Å². The monoisotopic (exact) mass is 214 g/mol. The zero-order valence-electron chi connectivity index (χ0n) is 10.9. The van der Waals surface area contributed by atoms with Gasteiger partial charge in [-0.1, -0.05) is 39.3 Å². The Balaban J connectivity index is 4.20. The molecule has 0 aliphatic rings. The van der Waals surface area contributed by atoms with Crippen molar-refractivity contribution in [2.45, 2.75) is 59.2 Å². The van der Waals surface area contributed by atoms with Crippen LogP contribution in [-0.2, 0) is 4.43 Å². The predicted molar refractivity (Wildman–Crippen MR) is 67.2 cm³/mol. The Morgan fingerprint density at radius 3 is 2.14 bits per heavy atom. The minimum Gasteiger partial charge on any atom is -0.413 e. The zero-order valence-corrected chi connectivity index (χ0v) is 11.9. The number of hydrogen-bond donors (Lipinski definition) is 0. The van der Waals surface area contributed by atoms with Gasteiger partial charge in [-0.3, -0.25) is 0 Å². The van der Waals surface area contributed by atoms with E-state index in [1.54, 1.807) is 0 Å². The molecule has 0 fully saturated rings. The Labute approximate surface area is 90.7 Å². The van der Waals surface area contributed by atoms with E-state index >= 15 is 0 Å². The molecule has 0 aromatic heterocycles. The van der Waals surface area contributed by atoms with Crippen molar-refractivity contribution < 1.29 is 4.43 Å². The fraction of sp³-hybridized carbons (Fsp3) is 0.833. The SMILES string of the molecule is CC/C=C(\C)CO[Si](C)(C)C(C)(C)C. The molecule has 0 saturated carbocycles. The third-order valence-corrected chi connectivity index (χ3v) is 7.50. The Morgan fingerprint density at radius 2 is 1.79 bits per heavy atom. The van der Waals surface area contributed by atoms with Crippen LogP contribution in [0.25, 0.3) is 0 Å². The normalized spacial score (nSPS) is 14.6. The first-order valence-corrected chi connectivity index (χ1v) is 8.41. The molecule has 0 rings (SSSR count). The maximum Gasteiger partial charge on any atom is 0.192 e. The van der Waals surface area contributed by atoms with Crippen LogP contribution in [0.4, 0.5) is 0 Å². The Bertz CT molecular complexity index is 199. The number of hydrogen-bond acceptors (Lipinski definition) is 1. The first-order valence-electron chi connectivity index (χ1n) is 5.50. The number of rotatable bonds is 4. The molecule has 0 heterocycles. The molecule has 0 aromatic rings. The Kier molecular flexibility index (Phi) is 5.10. The number of allylic oxidation sites excluding steroid dienone is 1. The van der Waals surface area contributed by atoms with E-state index in [0.717, 1.165) is 13.0 Å². The standard InChI is InChI=1S/C12H26OSi/c1-8-9-11(2)10-13-14(6,7)12(3,4)5/h9H,8,10H2,1-7H3/b11-9+. The van der Waals surface area contributed by atoms with Gasteiger partial charge in [0.1, 0.15) is 0 Å². The summed E-state index contributed by atoms with van der Waals surface area (Å²) in [6.07, 6.45) is 3.35. The highest BCUT2D eigenvalue weighted by molar-refractivity contribution is 6.74. The second-order valence-corrected chi connectivity index (χ2v) is 10.3. The summed E-state index contributed by atoms with van der Waals surface area (Å²) in [6, 6.07) is 0. The Hall–Kier alpha value is -0.0831. The highest BCUT2D eigenvalue weighted by Gasteiger charge is 2.36. The van der Waals surface area contributed by atoms with Gasteiger partial charge in [0, 0.05) is 0 Å². The third kappa shape index (κ3) is 4.42. The van der Waals surface area contributed by atoms with Crippen molar-refractivity contribution in [3.05, 3.63) is 11.6 Å². The summed E-state index contributed by atoms with van der Waals surface area (Å²) in [7, 11) is -1.54. The van der Waals surface area contributed by atoms with Crippen molar-refractivity contribution in [1.82, 2.24) is 0 Å². The molecule has 84 valence electrons. The van der Waals surface area contributed by atoms with E-state index in [1.165, 1.54) is 5.57 Å². The van der Waals surface area contributed by atoms with Crippen molar-refractivity contribution >= 4 is 8.32 Å². The molecule has 0 atom stereocenters. The quantitative estimate of drug-likeness (QED) is 0.499. The van der Waals surface area contributed by atoms with Crippen LogP contribution in [-0.4, -0.2) is 14.9 Å². The van der Waals surface area contributed by atoms with Gasteiger partial charge < -0.3 is 4.43 Å². The molecule has 0 aliphatic heterocycles. The highest BCUT2D eigenvalue weighted by atomic mass is 28.4. The van der Waals surface area contributed by atoms with Crippen LogP contribution >= 0.6 is 0 Å². The van der Waals surface area contributed by atoms with Crippen molar-refractivity contribution in [3.8, 4) is 0 Å². The summed E-state index contributed by atoms with van der Waals surface area (Å²) in [5.74, 6) is 0. The second kappa shape index (κ2) is 5.13. The maximum absolute atomic E-state index is 6.08. The van der Waals surface area contributed by atoms with Gasteiger partial charge in [-0.25, -0.2) is 0 Å². The van der Waals surface area contributed by atoms with Gasteiger partial charge in [0.25, 0.3) is 0 Å². The second-order valence-electron chi connectivity index (χ2n) is 5.51. The molecule has 2 heteroatoms. The van der Waals surface area contributed by atoms with E-state index in [2.05, 4.69) is 53.8 Å². The molecule has 1 nitrogen and oxygen atoms in total. The van der Waals surface area contributed by atoms with Gasteiger partial charge in [-0.15, -0.1) is 0 Å². The molecular weight excluding hydrogens is 188 g/mol. The van der Waals surface area contributed by atoms with Crippen molar-refractivity contribution in [1.29, 1.82) is 0 Å². The van der Waals surface area contributed by atoms with Crippen LogP contribution in [0.5, 0.6) is 0 Å². The minimum absolute atomic E-state index is 0.319. The highest BCUT2D eigenvalue weighted by Crippen LogP contribution is 2.36. The molecule has 0 radical (unpaired) electrons. The van der Waals surface area contributed by atoms with Crippen LogP contribution in [0.2, 0.25) is 18.1 Å². The molecule has 0 unspecified atom stereocenters. The predicted octanol–water partition coefficient (Wildman–Crippen LogP) is 4.36. The van der Waals surface area contributed by atoms with Crippen LogP contribution in [0.1, 0.15) is 41.0 Å². The smallest absolute Gasteiger partial charge is 0.192 e. The molecule has 0 bridgehead atoms. The maximum atomic E-state index is 6.08. The van der Waals surface area contributed by atoms with Crippen LogP contribution in [0, 0.1) is 0 Å². The minimum atomic E-state index is -1.54. The average Bonchev–Trinajstić information content (AvgIpc) is 1.99. The van der Waals surface area contributed by atoms with E-state index in [9.17, 15) is 0 Å². The van der Waals surface area contributed by atoms with Gasteiger partial charge >= 0.3 is 0 Å². The van der Waals surface area contributed by atoms with Gasteiger partial charge in [-0.05, 0) is 31.5 Å². The molecule has 0 aliphatic carbocycles. The van der Waals surface area contributed by atoms with Gasteiger partial charge in [0.15, 0.2) is 8.32 Å². The van der Waals surface area contributed by atoms with E-state index < -0.39 is 8.32 Å². The van der Waals surface area contributed by atoms with Gasteiger partial charge in [0.05, 0.1) is 6.61 Å². The molecule has 0 N–H and O–H groups in total. The first kappa shape index (κ1) is 13.9. The lowest BCUT2D eigenvalue weighted by molar-refractivity contribution is 0.318. The van der Waals surface area contributed by atoms with Crippen LogP contribution in [0.15, 0.2) is 11.6 Å². The molecule has 0 spiro atoms. The first-order chi connectivity index (χ1) is 6.20. The molecule has 0 amide bonds. The Morgan fingerprint density at radius 1 is 1.29 bits per heavy atom. The summed E-state index contributed by atoms with van der Waals surface area (Å²) in [4.78, 5) is 0. The average molecular weight is 214 g/mol. The van der Waals surface area contributed by atoms with Crippen molar-refractivity contribution in [2.24, 2.45) is 0 Å². The summed E-state index contributed by atoms with van der Waals surface area (Å²) in [6.45, 7) is 16.5. The lowest BCUT2D eigenvalue weighted by Crippen LogP contribution is -2.41. The molecule has 0 saturated heterocycles. The third-order valence-electron chi connectivity index (χ3n) is 3.02. The van der Waals surface area contributed by atoms with Gasteiger partial charge in [-0.2, -0.15) is 0 Å². The summed E-state index contributed by atoms with van der Waals surface area (Å²) < 4.78 is 6.08. The summed E-state index contributed by atoms with van der Waals surface area (Å²) >= 11 is 0. The van der Waals surface area contributed by atoms with E-state index in [0.29, 0.717) is 5.04 Å². The molecule has 0 aromatic carbocycles. The van der Waals surface area contributed by atoms with Crippen LogP contribution < -0.4 is 0 Å². The van der Waals surface area contributed by atoms with E-state index in [-0.39, 0.29) is 0 Å². The molecule has 14 heavy (non-hydrogen) atoms. The van der Waals surface area contributed by atoms with E-state index in [1.807, 2.05) is 0 Å². The fourth-order valence-corrected chi connectivity index (χ4v) is 1.94. The summed E-state index contributed by atoms with van der Waals surface area (Å²) in [5.41, 5.74) is 1.36. The fourth-order valence-electron chi connectivity index (χ4n) is 0.918. The zero-order chi connectivity index (χ0) is 11.4. The van der Waals surface area contributed by atoms with Gasteiger partial charge in [0.2, 0.25) is 0 Å². The van der Waals surface area contributed by atoms with Crippen molar-refractivity contribution in [2.75, 3.05) is 6.61 Å². The van der Waals surface area contributed by atoms with Crippen LogP contribution in [0.3, 0.4) is 0 Å². The largest absolute Gasteiger partial charge is 0.413 e. The topological polar surface area (TPSA) is 9.23 Å². The lowest BCUT2D eigenvalue weighted by atomic mass is 10.2. The van der Waals surface area contributed by atoms with E-state index in [4.69, 9.17) is 4.43 Å².